The van der Waals surface area contributed by atoms with Crippen molar-refractivity contribution in [2.75, 3.05) is 5.32 Å². The van der Waals surface area contributed by atoms with E-state index in [2.05, 4.69) is 16.4 Å². The van der Waals surface area contributed by atoms with Crippen molar-refractivity contribution in [2.24, 2.45) is 5.92 Å². The van der Waals surface area contributed by atoms with Crippen molar-refractivity contribution in [2.45, 2.75) is 51.0 Å². The first-order chi connectivity index (χ1) is 10.2. The van der Waals surface area contributed by atoms with Crippen molar-refractivity contribution in [1.29, 1.82) is 5.26 Å². The van der Waals surface area contributed by atoms with Gasteiger partial charge in [-0.3, -0.25) is 4.79 Å². The molecule has 1 heterocycles. The summed E-state index contributed by atoms with van der Waals surface area (Å²) in [5.41, 5.74) is 2.86. The number of carboxylic acid groups (broad SMARTS) is 1. The first kappa shape index (κ1) is 13.9. The van der Waals surface area contributed by atoms with Gasteiger partial charge in [-0.25, -0.2) is 4.98 Å². The predicted molar refractivity (Wildman–Crippen MR) is 78.0 cm³/mol. The second kappa shape index (κ2) is 5.72. The summed E-state index contributed by atoms with van der Waals surface area (Å²) < 4.78 is 0. The summed E-state index contributed by atoms with van der Waals surface area (Å²) in [6.45, 7) is 0. The van der Waals surface area contributed by atoms with Gasteiger partial charge in [-0.05, 0) is 56.6 Å². The minimum absolute atomic E-state index is 0.104. The highest BCUT2D eigenvalue weighted by molar-refractivity contribution is 5.70. The molecule has 0 radical (unpaired) electrons. The summed E-state index contributed by atoms with van der Waals surface area (Å²) in [6.07, 6.45) is 6.41. The van der Waals surface area contributed by atoms with Crippen molar-refractivity contribution >= 4 is 11.8 Å². The van der Waals surface area contributed by atoms with Crippen LogP contribution in [0.1, 0.15) is 48.9 Å². The second-order valence-corrected chi connectivity index (χ2v) is 6.00. The molecule has 1 aromatic rings. The maximum atomic E-state index is 11.0. The van der Waals surface area contributed by atoms with Gasteiger partial charge in [-0.2, -0.15) is 5.26 Å². The lowest BCUT2D eigenvalue weighted by Gasteiger charge is -2.19. The molecule has 3 rings (SSSR count). The first-order valence-electron chi connectivity index (χ1n) is 7.59. The Hall–Kier alpha value is -2.09. The van der Waals surface area contributed by atoms with Crippen LogP contribution in [0.25, 0.3) is 0 Å². The molecule has 0 aliphatic heterocycles. The molecule has 0 amide bonds. The minimum atomic E-state index is -0.724. The molecular formula is C16H19N3O2. The number of nitrogens with one attached hydrogen (secondary N) is 1. The lowest BCUT2D eigenvalue weighted by Crippen LogP contribution is -2.20. The van der Waals surface area contributed by atoms with Crippen LogP contribution in [0.15, 0.2) is 6.07 Å². The van der Waals surface area contributed by atoms with Crippen molar-refractivity contribution in [1.82, 2.24) is 4.98 Å². The van der Waals surface area contributed by atoms with Crippen LogP contribution in [-0.4, -0.2) is 22.1 Å². The fourth-order valence-electron chi connectivity index (χ4n) is 3.36. The van der Waals surface area contributed by atoms with Gasteiger partial charge in [0.25, 0.3) is 0 Å². The van der Waals surface area contributed by atoms with E-state index in [-0.39, 0.29) is 12.0 Å². The Labute approximate surface area is 124 Å². The average molecular weight is 285 g/mol. The molecule has 0 bridgehead atoms. The number of hydrogen-bond donors (Lipinski definition) is 2. The monoisotopic (exact) mass is 285 g/mol. The Morgan fingerprint density at radius 1 is 1.38 bits per heavy atom. The van der Waals surface area contributed by atoms with E-state index in [1.807, 2.05) is 6.07 Å². The summed E-state index contributed by atoms with van der Waals surface area (Å²) in [4.78, 5) is 15.7. The van der Waals surface area contributed by atoms with Gasteiger partial charge in [0, 0.05) is 11.7 Å². The number of aromatic nitrogens is 1. The highest BCUT2D eigenvalue weighted by atomic mass is 16.4. The Morgan fingerprint density at radius 3 is 2.90 bits per heavy atom. The van der Waals surface area contributed by atoms with Crippen molar-refractivity contribution in [3.63, 3.8) is 0 Å². The van der Waals surface area contributed by atoms with E-state index in [0.29, 0.717) is 24.2 Å². The van der Waals surface area contributed by atoms with E-state index < -0.39 is 5.97 Å². The number of pyridine rings is 1. The lowest BCUT2D eigenvalue weighted by molar-refractivity contribution is -0.141. The van der Waals surface area contributed by atoms with Crippen molar-refractivity contribution < 1.29 is 9.90 Å². The number of rotatable bonds is 3. The Morgan fingerprint density at radius 2 is 2.19 bits per heavy atom. The molecule has 1 aromatic heterocycles. The molecule has 2 aliphatic carbocycles. The van der Waals surface area contributed by atoms with Crippen molar-refractivity contribution in [3.05, 3.63) is 22.9 Å². The molecule has 0 aromatic carbocycles. The summed E-state index contributed by atoms with van der Waals surface area (Å²) >= 11 is 0. The molecule has 2 N–H and O–H groups in total. The lowest BCUT2D eigenvalue weighted by atomic mass is 9.95. The van der Waals surface area contributed by atoms with E-state index in [0.717, 1.165) is 37.8 Å². The fourth-order valence-corrected chi connectivity index (χ4v) is 3.36. The Bertz CT molecular complexity index is 606. The van der Waals surface area contributed by atoms with Gasteiger partial charge in [0.15, 0.2) is 0 Å². The number of hydrogen-bond acceptors (Lipinski definition) is 4. The molecule has 2 aliphatic rings. The summed E-state index contributed by atoms with van der Waals surface area (Å²) in [7, 11) is 0. The van der Waals surface area contributed by atoms with Crippen LogP contribution < -0.4 is 5.32 Å². The average Bonchev–Trinajstić information content (AvgIpc) is 2.95. The maximum Gasteiger partial charge on any atom is 0.306 e. The van der Waals surface area contributed by atoms with Gasteiger partial charge in [0.2, 0.25) is 0 Å². The zero-order valence-electron chi connectivity index (χ0n) is 11.9. The SMILES string of the molecule is N#Cc1cc2c(nc1NC1CCC(C(=O)O)C1)CCCC2. The molecular weight excluding hydrogens is 266 g/mol. The highest BCUT2D eigenvalue weighted by Crippen LogP contribution is 2.30. The third-order valence-electron chi connectivity index (χ3n) is 4.54. The van der Waals surface area contributed by atoms with Crippen LogP contribution in [0.2, 0.25) is 0 Å². The number of aryl methyl sites for hydroxylation is 2. The number of aliphatic carboxylic acids is 1. The third-order valence-corrected chi connectivity index (χ3v) is 4.54. The number of carbonyl (C=O) groups is 1. The van der Waals surface area contributed by atoms with Gasteiger partial charge < -0.3 is 10.4 Å². The largest absolute Gasteiger partial charge is 0.481 e. The first-order valence-corrected chi connectivity index (χ1v) is 7.59. The van der Waals surface area contributed by atoms with Crippen LogP contribution in [0.4, 0.5) is 5.82 Å². The number of fused-ring (bicyclic) bond motifs is 1. The molecule has 110 valence electrons. The van der Waals surface area contributed by atoms with Crippen LogP contribution in [0.3, 0.4) is 0 Å². The second-order valence-electron chi connectivity index (χ2n) is 6.00. The zero-order valence-corrected chi connectivity index (χ0v) is 11.9. The van der Waals surface area contributed by atoms with Gasteiger partial charge >= 0.3 is 5.97 Å². The van der Waals surface area contributed by atoms with E-state index in [9.17, 15) is 10.1 Å². The highest BCUT2D eigenvalue weighted by Gasteiger charge is 2.30. The van der Waals surface area contributed by atoms with E-state index in [4.69, 9.17) is 5.11 Å². The topological polar surface area (TPSA) is 86.0 Å². The van der Waals surface area contributed by atoms with Crippen LogP contribution >= 0.6 is 0 Å². The number of anilines is 1. The van der Waals surface area contributed by atoms with E-state index >= 15 is 0 Å². The zero-order chi connectivity index (χ0) is 14.8. The molecule has 5 nitrogen and oxygen atoms in total. The third kappa shape index (κ3) is 2.85. The molecule has 0 saturated heterocycles. The molecule has 5 heteroatoms. The molecule has 0 spiro atoms. The smallest absolute Gasteiger partial charge is 0.306 e. The molecule has 2 atom stereocenters. The molecule has 1 saturated carbocycles. The van der Waals surface area contributed by atoms with Crippen LogP contribution in [0.5, 0.6) is 0 Å². The number of carboxylic acids is 1. The van der Waals surface area contributed by atoms with Gasteiger partial charge in [0.05, 0.1) is 11.5 Å². The minimum Gasteiger partial charge on any atom is -0.481 e. The van der Waals surface area contributed by atoms with Gasteiger partial charge in [-0.15, -0.1) is 0 Å². The van der Waals surface area contributed by atoms with E-state index in [1.165, 1.54) is 5.56 Å². The maximum absolute atomic E-state index is 11.0. The summed E-state index contributed by atoms with van der Waals surface area (Å²) in [5.74, 6) is -0.363. The van der Waals surface area contributed by atoms with Crippen LogP contribution in [-0.2, 0) is 17.6 Å². The number of nitriles is 1. The standard InChI is InChI=1S/C16H19N3O2/c17-9-12-7-10-3-1-2-4-14(10)19-15(12)18-13-6-5-11(8-13)16(20)21/h7,11,13H,1-6,8H2,(H,18,19)(H,20,21). The van der Waals surface area contributed by atoms with Gasteiger partial charge in [-0.1, -0.05) is 0 Å². The number of nitrogens with zero attached hydrogens (tertiary/aromatic N) is 2. The summed E-state index contributed by atoms with van der Waals surface area (Å²) in [5, 5.41) is 21.7. The molecule has 2 unspecified atom stereocenters. The van der Waals surface area contributed by atoms with Crippen LogP contribution in [0, 0.1) is 17.2 Å². The fraction of sp³-hybridized carbons (Fsp3) is 0.562. The summed E-state index contributed by atoms with van der Waals surface area (Å²) in [6, 6.07) is 4.27. The Balaban J connectivity index is 1.79. The van der Waals surface area contributed by atoms with Gasteiger partial charge in [0.1, 0.15) is 11.9 Å². The molecule has 21 heavy (non-hydrogen) atoms. The normalized spacial score (nSPS) is 24.1. The Kier molecular flexibility index (Phi) is 3.78. The molecule has 1 fully saturated rings. The predicted octanol–water partition coefficient (Wildman–Crippen LogP) is 2.50. The van der Waals surface area contributed by atoms with E-state index in [1.54, 1.807) is 0 Å². The van der Waals surface area contributed by atoms with Crippen molar-refractivity contribution in [3.8, 4) is 6.07 Å². The quantitative estimate of drug-likeness (QED) is 0.891.